The molecule has 4 unspecified atom stereocenters. The van der Waals surface area contributed by atoms with Gasteiger partial charge in [0.1, 0.15) is 18.9 Å². The molecule has 1 N–H and O–H groups in total. The summed E-state index contributed by atoms with van der Waals surface area (Å²) in [6.45, 7) is 0.0170. The fourth-order valence-corrected chi connectivity index (χ4v) is 5.15. The second kappa shape index (κ2) is 7.11. The van der Waals surface area contributed by atoms with Crippen LogP contribution in [0.25, 0.3) is 0 Å². The molecular weight excluding hydrogens is 390 g/mol. The maximum absolute atomic E-state index is 12.7. The highest BCUT2D eigenvalue weighted by atomic mass is 32.1. The molecule has 3 aliphatic rings. The molecule has 2 bridgehead atoms. The molecule has 1 aliphatic heterocycles. The number of likely N-dealkylation sites (tertiary alicyclic amines) is 1. The third-order valence-electron chi connectivity index (χ3n) is 5.88. The van der Waals surface area contributed by atoms with Crippen LogP contribution < -0.4 is 10.1 Å². The van der Waals surface area contributed by atoms with Gasteiger partial charge in [0.25, 0.3) is 0 Å². The number of nitrogens with one attached hydrogen (secondary N) is 1. The quantitative estimate of drug-likeness (QED) is 0.585. The van der Waals surface area contributed by atoms with Gasteiger partial charge in [-0.15, -0.1) is 11.3 Å². The lowest BCUT2D eigenvalue weighted by Gasteiger charge is -2.17. The van der Waals surface area contributed by atoms with Crippen molar-refractivity contribution in [2.75, 3.05) is 11.9 Å². The van der Waals surface area contributed by atoms with Crippen molar-refractivity contribution < 1.29 is 19.1 Å². The molecule has 4 atom stereocenters. The average molecular weight is 409 g/mol. The number of rotatable bonds is 6. The summed E-state index contributed by atoms with van der Waals surface area (Å²) in [7, 11) is 0. The van der Waals surface area contributed by atoms with Crippen molar-refractivity contribution in [1.82, 2.24) is 9.88 Å². The Morgan fingerprint density at radius 2 is 1.90 bits per heavy atom. The Morgan fingerprint density at radius 1 is 1.17 bits per heavy atom. The van der Waals surface area contributed by atoms with Gasteiger partial charge >= 0.3 is 0 Å². The van der Waals surface area contributed by atoms with E-state index in [9.17, 15) is 14.4 Å². The number of carbonyl (C=O) groups is 3. The Balaban J connectivity index is 1.25. The molecule has 2 fully saturated rings. The van der Waals surface area contributed by atoms with Crippen molar-refractivity contribution in [2.45, 2.75) is 13.0 Å². The van der Waals surface area contributed by atoms with E-state index < -0.39 is 5.91 Å². The summed E-state index contributed by atoms with van der Waals surface area (Å²) in [5.74, 6) is -0.675. The van der Waals surface area contributed by atoms with Crippen LogP contribution in [-0.4, -0.2) is 34.2 Å². The Kier molecular flexibility index (Phi) is 4.43. The number of carbonyl (C=O) groups excluding carboxylic acids is 3. The van der Waals surface area contributed by atoms with Crippen LogP contribution in [0.1, 0.15) is 12.1 Å². The SMILES string of the molecule is O=C(CN1C(=O)C2C3C=CC(C3)C2C1=O)Nc1ccccc1OCc1cscn1. The molecule has 0 spiro atoms. The lowest BCUT2D eigenvalue weighted by Crippen LogP contribution is -2.39. The lowest BCUT2D eigenvalue weighted by molar-refractivity contribution is -0.143. The van der Waals surface area contributed by atoms with Crippen LogP contribution in [0.5, 0.6) is 5.75 Å². The number of hydrogen-bond donors (Lipinski definition) is 1. The topological polar surface area (TPSA) is 88.6 Å². The predicted octanol–water partition coefficient (Wildman–Crippen LogP) is 2.47. The first kappa shape index (κ1) is 18.1. The lowest BCUT2D eigenvalue weighted by atomic mass is 9.85. The summed E-state index contributed by atoms with van der Waals surface area (Å²) < 4.78 is 5.77. The molecule has 2 aromatic rings. The fraction of sp³-hybridized carbons (Fsp3) is 0.333. The highest BCUT2D eigenvalue weighted by molar-refractivity contribution is 7.07. The predicted molar refractivity (Wildman–Crippen MR) is 106 cm³/mol. The number of hydrogen-bond acceptors (Lipinski definition) is 6. The van der Waals surface area contributed by atoms with Gasteiger partial charge in [-0.05, 0) is 30.4 Å². The summed E-state index contributed by atoms with van der Waals surface area (Å²) in [5, 5.41) is 4.66. The molecule has 1 aromatic heterocycles. The molecule has 148 valence electrons. The number of imide groups is 1. The summed E-state index contributed by atoms with van der Waals surface area (Å²) in [6, 6.07) is 7.07. The Hall–Kier alpha value is -3.00. The van der Waals surface area contributed by atoms with Crippen LogP contribution in [0.4, 0.5) is 5.69 Å². The molecule has 7 nitrogen and oxygen atoms in total. The van der Waals surface area contributed by atoms with Crippen LogP contribution in [0.3, 0.4) is 0 Å². The normalized spacial score (nSPS) is 26.8. The summed E-state index contributed by atoms with van der Waals surface area (Å²) in [5.41, 5.74) is 3.03. The molecule has 2 heterocycles. The minimum atomic E-state index is -0.420. The molecule has 29 heavy (non-hydrogen) atoms. The van der Waals surface area contributed by atoms with E-state index in [1.165, 1.54) is 11.3 Å². The summed E-state index contributed by atoms with van der Waals surface area (Å²) >= 11 is 1.48. The Bertz CT molecular complexity index is 973. The number of thiazole rings is 1. The van der Waals surface area contributed by atoms with E-state index in [2.05, 4.69) is 10.3 Å². The van der Waals surface area contributed by atoms with E-state index in [4.69, 9.17) is 4.74 Å². The first-order valence-electron chi connectivity index (χ1n) is 9.54. The number of allylic oxidation sites excluding steroid dienone is 2. The minimum Gasteiger partial charge on any atom is -0.485 e. The Labute approximate surface area is 171 Å². The molecule has 5 rings (SSSR count). The fourth-order valence-electron chi connectivity index (χ4n) is 4.61. The maximum atomic E-state index is 12.7. The van der Waals surface area contributed by atoms with Gasteiger partial charge in [0.2, 0.25) is 17.7 Å². The van der Waals surface area contributed by atoms with Gasteiger partial charge in [0.15, 0.2) is 0 Å². The van der Waals surface area contributed by atoms with Crippen LogP contribution in [-0.2, 0) is 21.0 Å². The first-order valence-corrected chi connectivity index (χ1v) is 10.5. The van der Waals surface area contributed by atoms with Gasteiger partial charge in [0, 0.05) is 5.38 Å². The third-order valence-corrected chi connectivity index (χ3v) is 6.52. The van der Waals surface area contributed by atoms with Crippen molar-refractivity contribution in [2.24, 2.45) is 23.7 Å². The van der Waals surface area contributed by atoms with Gasteiger partial charge < -0.3 is 10.1 Å². The summed E-state index contributed by atoms with van der Waals surface area (Å²) in [6.07, 6.45) is 4.95. The zero-order chi connectivity index (χ0) is 20.0. The van der Waals surface area contributed by atoms with Crippen LogP contribution in [0.15, 0.2) is 47.3 Å². The van der Waals surface area contributed by atoms with Gasteiger partial charge in [-0.1, -0.05) is 24.3 Å². The smallest absolute Gasteiger partial charge is 0.244 e. The molecule has 1 saturated heterocycles. The van der Waals surface area contributed by atoms with Crippen LogP contribution >= 0.6 is 11.3 Å². The van der Waals surface area contributed by atoms with E-state index in [1.807, 2.05) is 23.6 Å². The highest BCUT2D eigenvalue weighted by Crippen LogP contribution is 2.52. The van der Waals surface area contributed by atoms with Crippen molar-refractivity contribution >= 4 is 34.7 Å². The monoisotopic (exact) mass is 409 g/mol. The molecule has 1 aromatic carbocycles. The molecule has 8 heteroatoms. The number of para-hydroxylation sites is 2. The number of aromatic nitrogens is 1. The van der Waals surface area contributed by atoms with Crippen molar-refractivity contribution in [1.29, 1.82) is 0 Å². The van der Waals surface area contributed by atoms with Gasteiger partial charge in [0.05, 0.1) is 28.7 Å². The molecule has 2 aliphatic carbocycles. The second-order valence-corrected chi connectivity index (χ2v) is 8.29. The number of anilines is 1. The van der Waals surface area contributed by atoms with Crippen LogP contribution in [0, 0.1) is 23.7 Å². The van der Waals surface area contributed by atoms with E-state index in [0.717, 1.165) is 17.0 Å². The zero-order valence-electron chi connectivity index (χ0n) is 15.5. The number of benzene rings is 1. The van der Waals surface area contributed by atoms with E-state index in [1.54, 1.807) is 23.7 Å². The minimum absolute atomic E-state index is 0.134. The van der Waals surface area contributed by atoms with Crippen molar-refractivity contribution in [3.05, 3.63) is 53.0 Å². The maximum Gasteiger partial charge on any atom is 0.244 e. The van der Waals surface area contributed by atoms with Crippen molar-refractivity contribution in [3.63, 3.8) is 0 Å². The van der Waals surface area contributed by atoms with Gasteiger partial charge in [-0.25, -0.2) is 4.98 Å². The number of fused-ring (bicyclic) bond motifs is 5. The number of nitrogens with zero attached hydrogens (tertiary/aromatic N) is 2. The van der Waals surface area contributed by atoms with E-state index in [0.29, 0.717) is 18.0 Å². The van der Waals surface area contributed by atoms with E-state index >= 15 is 0 Å². The molecule has 1 saturated carbocycles. The highest BCUT2D eigenvalue weighted by Gasteiger charge is 2.59. The Morgan fingerprint density at radius 3 is 2.59 bits per heavy atom. The third kappa shape index (κ3) is 3.13. The van der Waals surface area contributed by atoms with Crippen molar-refractivity contribution in [3.8, 4) is 5.75 Å². The average Bonchev–Trinajstić information content (AvgIpc) is 3.50. The van der Waals surface area contributed by atoms with Crippen LogP contribution in [0.2, 0.25) is 0 Å². The molecule has 0 radical (unpaired) electrons. The van der Waals surface area contributed by atoms with Gasteiger partial charge in [-0.2, -0.15) is 0 Å². The first-order chi connectivity index (χ1) is 14.1. The molecular formula is C21H19N3O4S. The summed E-state index contributed by atoms with van der Waals surface area (Å²) in [4.78, 5) is 43.4. The van der Waals surface area contributed by atoms with Gasteiger partial charge in [-0.3, -0.25) is 19.3 Å². The number of amides is 3. The zero-order valence-corrected chi connectivity index (χ0v) is 16.3. The second-order valence-electron chi connectivity index (χ2n) is 7.58. The number of ether oxygens (including phenoxy) is 1. The standard InChI is InChI=1S/C21H19N3O4S/c25-17(8-24-20(26)18-12-5-6-13(7-12)19(18)21(24)27)23-15-3-1-2-4-16(15)28-9-14-10-29-11-22-14/h1-6,10-13,18-19H,7-9H2,(H,23,25). The van der Waals surface area contributed by atoms with E-state index in [-0.39, 0.29) is 42.0 Å². The largest absolute Gasteiger partial charge is 0.485 e. The molecule has 3 amide bonds.